The van der Waals surface area contributed by atoms with Crippen LogP contribution in [0.2, 0.25) is 0 Å². The van der Waals surface area contributed by atoms with Gasteiger partial charge in [0.1, 0.15) is 5.58 Å². The third kappa shape index (κ3) is 3.52. The fourth-order valence-corrected chi connectivity index (χ4v) is 3.42. The number of thiazole rings is 1. The van der Waals surface area contributed by atoms with Crippen LogP contribution in [-0.2, 0) is 0 Å². The van der Waals surface area contributed by atoms with Gasteiger partial charge in [-0.05, 0) is 38.1 Å². The third-order valence-electron chi connectivity index (χ3n) is 4.21. The van der Waals surface area contributed by atoms with Crippen LogP contribution in [0, 0.1) is 6.92 Å². The van der Waals surface area contributed by atoms with Crippen LogP contribution in [0.5, 0.6) is 5.88 Å². The summed E-state index contributed by atoms with van der Waals surface area (Å²) in [5.74, 6) is -0.0552. The second kappa shape index (κ2) is 7.28. The van der Waals surface area contributed by atoms with Gasteiger partial charge >= 0.3 is 5.63 Å². The summed E-state index contributed by atoms with van der Waals surface area (Å²) in [5.41, 5.74) is 2.67. The number of fused-ring (bicyclic) bond motifs is 1. The number of hydrogen-bond donors (Lipinski definition) is 1. The topological polar surface area (TPSA) is 80.1 Å². The van der Waals surface area contributed by atoms with Crippen LogP contribution in [0.3, 0.4) is 0 Å². The minimum atomic E-state index is -0.479. The molecule has 28 heavy (non-hydrogen) atoms. The number of aromatic nitrogens is 1. The van der Waals surface area contributed by atoms with Crippen molar-refractivity contribution in [2.24, 2.45) is 10.1 Å². The van der Waals surface area contributed by atoms with Crippen LogP contribution in [0.15, 0.2) is 79.3 Å². The highest BCUT2D eigenvalue weighted by Crippen LogP contribution is 2.16. The summed E-state index contributed by atoms with van der Waals surface area (Å²) < 4.78 is 6.69. The fourth-order valence-electron chi connectivity index (χ4n) is 2.72. The van der Waals surface area contributed by atoms with Crippen molar-refractivity contribution in [3.05, 3.63) is 86.3 Å². The first-order valence-corrected chi connectivity index (χ1v) is 9.49. The standard InChI is InChI=1S/C21H17N3O3S/c1-13-7-9-16(10-8-13)22-21-24(19(25)12-28-21)23-14(2)17-11-15-5-3-4-6-18(15)27-20(17)26/h3-12,25H,1-2H3/b22-21?,23-14+. The van der Waals surface area contributed by atoms with E-state index in [0.29, 0.717) is 21.7 Å². The molecule has 140 valence electrons. The van der Waals surface area contributed by atoms with Gasteiger partial charge in [0, 0.05) is 5.39 Å². The number of aryl methyl sites for hydroxylation is 1. The summed E-state index contributed by atoms with van der Waals surface area (Å²) in [6.45, 7) is 3.70. The monoisotopic (exact) mass is 391 g/mol. The molecule has 0 spiro atoms. The molecule has 7 heteroatoms. The molecule has 0 aliphatic rings. The van der Waals surface area contributed by atoms with E-state index < -0.39 is 5.63 Å². The van der Waals surface area contributed by atoms with Gasteiger partial charge in [-0.2, -0.15) is 9.78 Å². The molecular weight excluding hydrogens is 374 g/mol. The van der Waals surface area contributed by atoms with Crippen molar-refractivity contribution in [3.8, 4) is 5.88 Å². The number of aromatic hydroxyl groups is 1. The van der Waals surface area contributed by atoms with Crippen molar-refractivity contribution >= 4 is 33.7 Å². The summed E-state index contributed by atoms with van der Waals surface area (Å²) >= 11 is 1.26. The number of hydrogen-bond acceptors (Lipinski definition) is 6. The van der Waals surface area contributed by atoms with Gasteiger partial charge in [0.25, 0.3) is 0 Å². The van der Waals surface area contributed by atoms with Gasteiger partial charge in [-0.25, -0.2) is 9.79 Å². The summed E-state index contributed by atoms with van der Waals surface area (Å²) in [6.07, 6.45) is 0. The van der Waals surface area contributed by atoms with Crippen molar-refractivity contribution < 1.29 is 9.52 Å². The Balaban J connectivity index is 1.81. The molecule has 0 fully saturated rings. The van der Waals surface area contributed by atoms with E-state index >= 15 is 0 Å². The van der Waals surface area contributed by atoms with E-state index in [2.05, 4.69) is 10.1 Å². The first kappa shape index (κ1) is 17.9. The van der Waals surface area contributed by atoms with Gasteiger partial charge in [-0.3, -0.25) is 0 Å². The summed E-state index contributed by atoms with van der Waals surface area (Å²) in [6, 6.07) is 16.7. The highest BCUT2D eigenvalue weighted by Gasteiger charge is 2.10. The smallest absolute Gasteiger partial charge is 0.345 e. The maximum Gasteiger partial charge on any atom is 0.345 e. The van der Waals surface area contributed by atoms with Crippen LogP contribution < -0.4 is 10.4 Å². The van der Waals surface area contributed by atoms with E-state index in [4.69, 9.17) is 4.42 Å². The largest absolute Gasteiger partial charge is 0.493 e. The number of benzene rings is 2. The van der Waals surface area contributed by atoms with Crippen LogP contribution in [-0.4, -0.2) is 15.5 Å². The molecule has 2 aromatic carbocycles. The van der Waals surface area contributed by atoms with E-state index in [1.54, 1.807) is 24.4 Å². The lowest BCUT2D eigenvalue weighted by Gasteiger charge is -2.03. The Morgan fingerprint density at radius 3 is 2.68 bits per heavy atom. The Hall–Kier alpha value is -3.45. The van der Waals surface area contributed by atoms with E-state index in [-0.39, 0.29) is 5.88 Å². The summed E-state index contributed by atoms with van der Waals surface area (Å²) in [5, 5.41) is 17.0. The Kier molecular flexibility index (Phi) is 4.67. The molecule has 1 N–H and O–H groups in total. The molecule has 0 radical (unpaired) electrons. The molecule has 0 amide bonds. The lowest BCUT2D eigenvalue weighted by molar-refractivity contribution is 0.426. The first-order valence-electron chi connectivity index (χ1n) is 8.61. The third-order valence-corrected chi connectivity index (χ3v) is 5.01. The van der Waals surface area contributed by atoms with Gasteiger partial charge in [-0.1, -0.05) is 47.2 Å². The van der Waals surface area contributed by atoms with E-state index in [1.807, 2.05) is 49.4 Å². The Morgan fingerprint density at radius 2 is 1.89 bits per heavy atom. The molecule has 6 nitrogen and oxygen atoms in total. The fraction of sp³-hybridized carbons (Fsp3) is 0.0952. The van der Waals surface area contributed by atoms with Gasteiger partial charge in [0.15, 0.2) is 0 Å². The number of rotatable bonds is 3. The minimum absolute atomic E-state index is 0.0552. The molecule has 0 saturated carbocycles. The molecule has 0 aliphatic carbocycles. The van der Waals surface area contributed by atoms with Crippen LogP contribution >= 0.6 is 11.3 Å². The van der Waals surface area contributed by atoms with Crippen molar-refractivity contribution in [3.63, 3.8) is 0 Å². The second-order valence-corrected chi connectivity index (χ2v) is 7.14. The molecule has 4 aromatic rings. The molecule has 4 rings (SSSR count). The highest BCUT2D eigenvalue weighted by atomic mass is 32.1. The van der Waals surface area contributed by atoms with Crippen molar-refractivity contribution in [2.45, 2.75) is 13.8 Å². The second-order valence-electron chi connectivity index (χ2n) is 6.31. The molecule has 0 aliphatic heterocycles. The van der Waals surface area contributed by atoms with Crippen molar-refractivity contribution in [1.29, 1.82) is 0 Å². The maximum atomic E-state index is 12.4. The summed E-state index contributed by atoms with van der Waals surface area (Å²) in [7, 11) is 0. The predicted octanol–water partition coefficient (Wildman–Crippen LogP) is 4.17. The van der Waals surface area contributed by atoms with Gasteiger partial charge in [0.05, 0.1) is 22.3 Å². The first-order chi connectivity index (χ1) is 13.5. The molecular formula is C21H17N3O3S. The Bertz CT molecular complexity index is 1310. The Labute approximate surface area is 164 Å². The summed E-state index contributed by atoms with van der Waals surface area (Å²) in [4.78, 5) is 17.4. The highest BCUT2D eigenvalue weighted by molar-refractivity contribution is 7.07. The van der Waals surface area contributed by atoms with E-state index in [9.17, 15) is 9.90 Å². The predicted molar refractivity (Wildman–Crippen MR) is 110 cm³/mol. The quantitative estimate of drug-likeness (QED) is 0.420. The van der Waals surface area contributed by atoms with Gasteiger partial charge in [0.2, 0.25) is 10.7 Å². The Morgan fingerprint density at radius 1 is 1.14 bits per heavy atom. The SMILES string of the molecule is C/C(=N\n1c(O)csc1=Nc1ccc(C)cc1)c1cc2ccccc2oc1=O. The minimum Gasteiger partial charge on any atom is -0.493 e. The number of para-hydroxylation sites is 1. The van der Waals surface area contributed by atoms with Gasteiger partial charge in [-0.15, -0.1) is 0 Å². The molecule has 0 atom stereocenters. The van der Waals surface area contributed by atoms with Crippen LogP contribution in [0.4, 0.5) is 5.69 Å². The van der Waals surface area contributed by atoms with Crippen LogP contribution in [0.25, 0.3) is 11.0 Å². The molecule has 0 saturated heterocycles. The number of nitrogens with zero attached hydrogens (tertiary/aromatic N) is 3. The van der Waals surface area contributed by atoms with E-state index in [0.717, 1.165) is 16.6 Å². The normalized spacial score (nSPS) is 12.6. The maximum absolute atomic E-state index is 12.4. The van der Waals surface area contributed by atoms with Crippen molar-refractivity contribution in [2.75, 3.05) is 0 Å². The molecule has 0 unspecified atom stereocenters. The average Bonchev–Trinajstić information content (AvgIpc) is 3.02. The molecule has 0 bridgehead atoms. The molecule has 2 aromatic heterocycles. The van der Waals surface area contributed by atoms with Crippen molar-refractivity contribution in [1.82, 2.24) is 4.68 Å². The van der Waals surface area contributed by atoms with Crippen LogP contribution in [0.1, 0.15) is 18.1 Å². The lowest BCUT2D eigenvalue weighted by atomic mass is 10.1. The van der Waals surface area contributed by atoms with Gasteiger partial charge < -0.3 is 9.52 Å². The van der Waals surface area contributed by atoms with E-state index in [1.165, 1.54) is 16.0 Å². The average molecular weight is 391 g/mol. The zero-order chi connectivity index (χ0) is 19.7. The molecule has 2 heterocycles. The zero-order valence-corrected chi connectivity index (χ0v) is 16.1. The lowest BCUT2D eigenvalue weighted by Crippen LogP contribution is -2.16. The zero-order valence-electron chi connectivity index (χ0n) is 15.3.